The largest absolute Gasteiger partial charge is 0.494 e. The number of ether oxygens (including phenoxy) is 2. The third kappa shape index (κ3) is 4.86. The van der Waals surface area contributed by atoms with Crippen molar-refractivity contribution in [2.45, 2.75) is 74.0 Å². The molecule has 5 rings (SSSR count). The molecule has 0 bridgehead atoms. The molecule has 4 aliphatic rings. The van der Waals surface area contributed by atoms with E-state index in [9.17, 15) is 13.2 Å². The van der Waals surface area contributed by atoms with Gasteiger partial charge in [0.05, 0.1) is 16.8 Å². The lowest BCUT2D eigenvalue weighted by molar-refractivity contribution is 0.0473. The van der Waals surface area contributed by atoms with Crippen LogP contribution in [0, 0.1) is 17.8 Å². The van der Waals surface area contributed by atoms with Gasteiger partial charge in [0.1, 0.15) is 11.4 Å². The summed E-state index contributed by atoms with van der Waals surface area (Å²) in [6.07, 6.45) is 7.86. The number of likely N-dealkylation sites (tertiary alicyclic amines) is 1. The van der Waals surface area contributed by atoms with Crippen molar-refractivity contribution in [3.05, 3.63) is 24.3 Å². The van der Waals surface area contributed by atoms with Gasteiger partial charge in [-0.1, -0.05) is 0 Å². The SMILES string of the molecule is CC1(OC(=O)N2CCC([C@H]3C[C@H]3CCOc3ccc(S(=O)(=O)C4CC4)cc3)CC2)CC1. The van der Waals surface area contributed by atoms with Crippen molar-refractivity contribution < 1.29 is 22.7 Å². The van der Waals surface area contributed by atoms with Crippen LogP contribution in [0.25, 0.3) is 0 Å². The van der Waals surface area contributed by atoms with Crippen LogP contribution >= 0.6 is 0 Å². The molecule has 3 saturated carbocycles. The summed E-state index contributed by atoms with van der Waals surface area (Å²) in [6.45, 7) is 4.31. The monoisotopic (exact) mass is 447 g/mol. The average Bonchev–Trinajstić information content (AvgIpc) is 3.62. The van der Waals surface area contributed by atoms with Gasteiger partial charge in [-0.15, -0.1) is 0 Å². The number of carbonyl (C=O) groups excluding carboxylic acids is 1. The van der Waals surface area contributed by atoms with Crippen molar-refractivity contribution in [3.8, 4) is 5.75 Å². The Balaban J connectivity index is 1.01. The van der Waals surface area contributed by atoms with E-state index >= 15 is 0 Å². The van der Waals surface area contributed by atoms with E-state index in [0.717, 1.165) is 69.7 Å². The van der Waals surface area contributed by atoms with Gasteiger partial charge in [-0.05, 0) is 100 Å². The maximum atomic E-state index is 12.3. The van der Waals surface area contributed by atoms with Gasteiger partial charge >= 0.3 is 6.09 Å². The van der Waals surface area contributed by atoms with Crippen molar-refractivity contribution in [3.63, 3.8) is 0 Å². The molecule has 170 valence electrons. The van der Waals surface area contributed by atoms with E-state index in [1.807, 2.05) is 11.8 Å². The van der Waals surface area contributed by atoms with E-state index in [-0.39, 0.29) is 16.9 Å². The Bertz CT molecular complexity index is 912. The lowest BCUT2D eigenvalue weighted by Gasteiger charge is -2.32. The van der Waals surface area contributed by atoms with Gasteiger partial charge in [0.15, 0.2) is 9.84 Å². The summed E-state index contributed by atoms with van der Waals surface area (Å²) < 4.78 is 36.0. The number of amides is 1. The lowest BCUT2D eigenvalue weighted by atomic mass is 9.91. The first-order chi connectivity index (χ1) is 14.8. The van der Waals surface area contributed by atoms with Crippen molar-refractivity contribution in [2.75, 3.05) is 19.7 Å². The topological polar surface area (TPSA) is 72.9 Å². The zero-order valence-corrected chi connectivity index (χ0v) is 19.1. The third-order valence-electron chi connectivity index (χ3n) is 7.54. The molecule has 4 fully saturated rings. The zero-order valence-electron chi connectivity index (χ0n) is 18.3. The van der Waals surface area contributed by atoms with Gasteiger partial charge in [-0.2, -0.15) is 0 Å². The Morgan fingerprint density at radius 3 is 2.39 bits per heavy atom. The Kier molecular flexibility index (Phi) is 5.43. The highest BCUT2D eigenvalue weighted by atomic mass is 32.2. The van der Waals surface area contributed by atoms with E-state index in [1.165, 1.54) is 6.42 Å². The lowest BCUT2D eigenvalue weighted by Crippen LogP contribution is -2.40. The molecule has 1 saturated heterocycles. The van der Waals surface area contributed by atoms with Crippen LogP contribution in [0.5, 0.6) is 5.75 Å². The van der Waals surface area contributed by atoms with Crippen LogP contribution in [0.15, 0.2) is 29.2 Å². The number of hydrogen-bond acceptors (Lipinski definition) is 5. The molecular formula is C24H33NO5S. The minimum absolute atomic E-state index is 0.129. The highest BCUT2D eigenvalue weighted by molar-refractivity contribution is 7.92. The van der Waals surface area contributed by atoms with Gasteiger partial charge in [-0.3, -0.25) is 0 Å². The van der Waals surface area contributed by atoms with Gasteiger partial charge < -0.3 is 14.4 Å². The Morgan fingerprint density at radius 2 is 1.77 bits per heavy atom. The van der Waals surface area contributed by atoms with Crippen LogP contribution in [-0.2, 0) is 14.6 Å². The van der Waals surface area contributed by atoms with Crippen molar-refractivity contribution in [1.82, 2.24) is 4.90 Å². The van der Waals surface area contributed by atoms with E-state index in [4.69, 9.17) is 9.47 Å². The summed E-state index contributed by atoms with van der Waals surface area (Å²) in [5.41, 5.74) is -0.193. The second-order valence-corrected chi connectivity index (χ2v) is 12.4. The van der Waals surface area contributed by atoms with E-state index in [0.29, 0.717) is 23.3 Å². The second-order valence-electron chi connectivity index (χ2n) is 10.2. The average molecular weight is 448 g/mol. The van der Waals surface area contributed by atoms with Crippen LogP contribution in [0.4, 0.5) is 4.79 Å². The summed E-state index contributed by atoms with van der Waals surface area (Å²) in [5, 5.41) is -0.176. The predicted octanol–water partition coefficient (Wildman–Crippen LogP) is 4.43. The Morgan fingerprint density at radius 1 is 1.10 bits per heavy atom. The summed E-state index contributed by atoms with van der Waals surface area (Å²) >= 11 is 0. The van der Waals surface area contributed by atoms with Gasteiger partial charge in [0.25, 0.3) is 0 Å². The summed E-state index contributed by atoms with van der Waals surface area (Å²) in [6, 6.07) is 6.89. The molecule has 0 aromatic heterocycles. The first kappa shape index (κ1) is 21.1. The molecule has 1 aliphatic heterocycles. The van der Waals surface area contributed by atoms with Gasteiger partial charge in [0.2, 0.25) is 0 Å². The van der Waals surface area contributed by atoms with E-state index < -0.39 is 9.84 Å². The summed E-state index contributed by atoms with van der Waals surface area (Å²) in [5.74, 6) is 2.91. The molecule has 7 heteroatoms. The number of rotatable bonds is 8. The molecule has 3 aliphatic carbocycles. The van der Waals surface area contributed by atoms with Crippen LogP contribution in [0.1, 0.15) is 58.3 Å². The fourth-order valence-electron chi connectivity index (χ4n) is 4.87. The van der Waals surface area contributed by atoms with Gasteiger partial charge in [-0.25, -0.2) is 13.2 Å². The van der Waals surface area contributed by atoms with E-state index in [2.05, 4.69) is 0 Å². The number of nitrogens with zero attached hydrogens (tertiary/aromatic N) is 1. The molecular weight excluding hydrogens is 414 g/mol. The molecule has 2 atom stereocenters. The number of piperidine rings is 1. The minimum atomic E-state index is -3.13. The molecule has 0 radical (unpaired) electrons. The molecule has 31 heavy (non-hydrogen) atoms. The molecule has 6 nitrogen and oxygen atoms in total. The first-order valence-corrected chi connectivity index (χ1v) is 13.3. The molecule has 0 unspecified atom stereocenters. The summed E-state index contributed by atoms with van der Waals surface area (Å²) in [7, 11) is -3.13. The standard InChI is InChI=1S/C24H33NO5S/c1-24(11-12-24)30-23(26)25-13-8-17(9-14-25)22-16-18(22)10-15-29-19-2-4-20(5-3-19)31(27,28)21-6-7-21/h2-5,17-18,21-22H,6-16H2,1H3/t18-,22-/m1/s1. The smallest absolute Gasteiger partial charge is 0.410 e. The fraction of sp³-hybridized carbons (Fsp3) is 0.708. The Labute approximate surface area is 185 Å². The third-order valence-corrected chi connectivity index (χ3v) is 9.82. The van der Waals surface area contributed by atoms with Crippen LogP contribution in [-0.4, -0.2) is 50.0 Å². The molecule has 1 aromatic rings. The van der Waals surface area contributed by atoms with Crippen LogP contribution < -0.4 is 4.74 Å². The minimum Gasteiger partial charge on any atom is -0.494 e. The molecule has 1 amide bonds. The van der Waals surface area contributed by atoms with Gasteiger partial charge in [0, 0.05) is 13.1 Å². The van der Waals surface area contributed by atoms with Crippen molar-refractivity contribution >= 4 is 15.9 Å². The fourth-order valence-corrected chi connectivity index (χ4v) is 6.53. The quantitative estimate of drug-likeness (QED) is 0.589. The second kappa shape index (κ2) is 7.98. The number of carbonyl (C=O) groups is 1. The number of sulfone groups is 1. The van der Waals surface area contributed by atoms with Crippen molar-refractivity contribution in [2.24, 2.45) is 17.8 Å². The molecule has 0 N–H and O–H groups in total. The summed E-state index contributed by atoms with van der Waals surface area (Å²) in [4.78, 5) is 14.5. The van der Waals surface area contributed by atoms with Crippen molar-refractivity contribution in [1.29, 1.82) is 0 Å². The normalized spacial score (nSPS) is 27.6. The number of hydrogen-bond donors (Lipinski definition) is 0. The molecule has 1 aromatic carbocycles. The highest BCUT2D eigenvalue weighted by Gasteiger charge is 2.45. The predicted molar refractivity (Wildman–Crippen MR) is 117 cm³/mol. The molecule has 0 spiro atoms. The molecule has 1 heterocycles. The Hall–Kier alpha value is -1.76. The zero-order chi connectivity index (χ0) is 21.6. The van der Waals surface area contributed by atoms with Crippen LogP contribution in [0.2, 0.25) is 0 Å². The highest BCUT2D eigenvalue weighted by Crippen LogP contribution is 2.50. The first-order valence-electron chi connectivity index (χ1n) is 11.8. The van der Waals surface area contributed by atoms with E-state index in [1.54, 1.807) is 24.3 Å². The maximum Gasteiger partial charge on any atom is 0.410 e. The van der Waals surface area contributed by atoms with Crippen LogP contribution in [0.3, 0.4) is 0 Å². The maximum absolute atomic E-state index is 12.3. The number of benzene rings is 1.